The number of aliphatic hydroxyl groups excluding tert-OH is 3. The molecule has 1 aliphatic rings. The number of nitrogen functional groups attached to an aromatic ring is 1. The summed E-state index contributed by atoms with van der Waals surface area (Å²) in [5.74, 6) is -0.196. The second kappa shape index (κ2) is 4.37. The molecule has 9 heteroatoms. The first-order valence-electron chi connectivity index (χ1n) is 4.87. The lowest BCUT2D eigenvalue weighted by Gasteiger charge is -2.16. The van der Waals surface area contributed by atoms with Gasteiger partial charge in [0.15, 0.2) is 6.23 Å². The van der Waals surface area contributed by atoms with Crippen molar-refractivity contribution in [3.8, 4) is 0 Å². The molecule has 5 N–H and O–H groups in total. The summed E-state index contributed by atoms with van der Waals surface area (Å²) >= 11 is 0. The maximum Gasteiger partial charge on any atom is 0.354 e. The molecule has 1 fully saturated rings. The van der Waals surface area contributed by atoms with E-state index in [2.05, 4.69) is 9.97 Å². The Bertz CT molecular complexity index is 463. The Morgan fingerprint density at radius 3 is 2.71 bits per heavy atom. The zero-order valence-corrected chi connectivity index (χ0v) is 8.67. The quantitative estimate of drug-likeness (QED) is 0.426. The number of rotatable bonds is 2. The topological polar surface area (TPSA) is 144 Å². The Balaban J connectivity index is 2.32. The lowest BCUT2D eigenvalue weighted by Crippen LogP contribution is -2.36. The molecule has 4 atom stereocenters. The number of nitrogens with zero attached hydrogens (tertiary/aromatic N) is 3. The average molecular weight is 244 g/mol. The van der Waals surface area contributed by atoms with Crippen molar-refractivity contribution in [2.24, 2.45) is 0 Å². The van der Waals surface area contributed by atoms with Crippen LogP contribution in [-0.2, 0) is 4.74 Å². The minimum atomic E-state index is -1.35. The molecule has 1 aromatic rings. The van der Waals surface area contributed by atoms with E-state index in [1.165, 1.54) is 0 Å². The van der Waals surface area contributed by atoms with Gasteiger partial charge in [0, 0.05) is 0 Å². The van der Waals surface area contributed by atoms with Crippen LogP contribution in [0.25, 0.3) is 0 Å². The summed E-state index contributed by atoms with van der Waals surface area (Å²) in [4.78, 5) is 18.4. The summed E-state index contributed by atoms with van der Waals surface area (Å²) in [5.41, 5.74) is 4.46. The first kappa shape index (κ1) is 11.9. The fourth-order valence-electron chi connectivity index (χ4n) is 1.64. The highest BCUT2D eigenvalue weighted by Crippen LogP contribution is 2.27. The summed E-state index contributed by atoms with van der Waals surface area (Å²) in [7, 11) is 0. The summed E-state index contributed by atoms with van der Waals surface area (Å²) in [6, 6.07) is 0. The van der Waals surface area contributed by atoms with E-state index in [9.17, 15) is 15.0 Å². The normalized spacial score (nSPS) is 32.9. The lowest BCUT2D eigenvalue weighted by atomic mass is 10.1. The zero-order valence-electron chi connectivity index (χ0n) is 8.67. The molecule has 0 radical (unpaired) electrons. The molecule has 1 saturated heterocycles. The molecule has 0 aromatic carbocycles. The van der Waals surface area contributed by atoms with Gasteiger partial charge in [-0.1, -0.05) is 0 Å². The van der Waals surface area contributed by atoms with Gasteiger partial charge in [0.1, 0.15) is 24.6 Å². The Kier molecular flexibility index (Phi) is 3.07. The minimum absolute atomic E-state index is 0.196. The SMILES string of the molecule is Nc1ncn([C@@H]2O[C@@H](CO)[C@@H](O)[C@@H]2O)c(=O)n1. The van der Waals surface area contributed by atoms with E-state index in [1.807, 2.05) is 0 Å². The van der Waals surface area contributed by atoms with Crippen LogP contribution in [0.5, 0.6) is 0 Å². The van der Waals surface area contributed by atoms with Gasteiger partial charge in [-0.25, -0.2) is 9.78 Å². The summed E-state index contributed by atoms with van der Waals surface area (Å²) in [6.07, 6.45) is -3.67. The monoisotopic (exact) mass is 244 g/mol. The van der Waals surface area contributed by atoms with Gasteiger partial charge in [0.05, 0.1) is 6.61 Å². The summed E-state index contributed by atoms with van der Waals surface area (Å²) < 4.78 is 6.04. The number of aromatic nitrogens is 3. The van der Waals surface area contributed by atoms with E-state index < -0.39 is 36.8 Å². The maximum atomic E-state index is 11.5. The highest BCUT2D eigenvalue weighted by atomic mass is 16.6. The van der Waals surface area contributed by atoms with E-state index in [0.717, 1.165) is 10.9 Å². The first-order valence-corrected chi connectivity index (χ1v) is 4.87. The molecule has 0 spiro atoms. The number of hydrogen-bond donors (Lipinski definition) is 4. The Labute approximate surface area is 95.1 Å². The van der Waals surface area contributed by atoms with Crippen molar-refractivity contribution < 1.29 is 20.1 Å². The molecule has 2 rings (SSSR count). The molecule has 0 amide bonds. The standard InChI is InChI=1S/C8H12N4O5/c9-7-10-2-12(8(16)11-7)6-5(15)4(14)3(1-13)17-6/h2-6,13-15H,1H2,(H2,9,11,16)/t3-,4+,5-,6+/m0/s1. The second-order valence-electron chi connectivity index (χ2n) is 3.63. The highest BCUT2D eigenvalue weighted by molar-refractivity contribution is 5.10. The number of ether oxygens (including phenoxy) is 1. The minimum Gasteiger partial charge on any atom is -0.394 e. The lowest BCUT2D eigenvalue weighted by molar-refractivity contribution is -0.0554. The molecule has 0 aliphatic carbocycles. The van der Waals surface area contributed by atoms with Gasteiger partial charge >= 0.3 is 5.69 Å². The summed E-state index contributed by atoms with van der Waals surface area (Å²) in [5, 5.41) is 28.1. The Hall–Kier alpha value is -1.55. The van der Waals surface area contributed by atoms with Gasteiger partial charge < -0.3 is 25.8 Å². The van der Waals surface area contributed by atoms with Crippen molar-refractivity contribution >= 4 is 5.95 Å². The van der Waals surface area contributed by atoms with Crippen molar-refractivity contribution in [1.29, 1.82) is 0 Å². The van der Waals surface area contributed by atoms with Gasteiger partial charge in [-0.2, -0.15) is 4.98 Å². The van der Waals surface area contributed by atoms with Crippen molar-refractivity contribution in [3.63, 3.8) is 0 Å². The Morgan fingerprint density at radius 1 is 1.47 bits per heavy atom. The fraction of sp³-hybridized carbons (Fsp3) is 0.625. The average Bonchev–Trinajstić information content (AvgIpc) is 2.57. The van der Waals surface area contributed by atoms with Crippen LogP contribution in [0.2, 0.25) is 0 Å². The molecular formula is C8H12N4O5. The molecule has 17 heavy (non-hydrogen) atoms. The molecule has 2 heterocycles. The molecule has 0 bridgehead atoms. The van der Waals surface area contributed by atoms with E-state index in [0.29, 0.717) is 0 Å². The van der Waals surface area contributed by atoms with Crippen molar-refractivity contribution in [1.82, 2.24) is 14.5 Å². The van der Waals surface area contributed by atoms with Crippen LogP contribution in [-0.4, -0.2) is 54.8 Å². The second-order valence-corrected chi connectivity index (χ2v) is 3.63. The van der Waals surface area contributed by atoms with E-state index in [4.69, 9.17) is 15.6 Å². The van der Waals surface area contributed by atoms with Crippen molar-refractivity contribution in [2.45, 2.75) is 24.5 Å². The van der Waals surface area contributed by atoms with E-state index in [1.54, 1.807) is 0 Å². The molecular weight excluding hydrogens is 232 g/mol. The molecule has 1 aliphatic heterocycles. The van der Waals surface area contributed by atoms with Crippen LogP contribution in [0, 0.1) is 0 Å². The number of hydrogen-bond acceptors (Lipinski definition) is 8. The van der Waals surface area contributed by atoms with E-state index in [-0.39, 0.29) is 5.95 Å². The molecule has 9 nitrogen and oxygen atoms in total. The predicted octanol–water partition coefficient (Wildman–Crippen LogP) is -3.17. The molecule has 1 aromatic heterocycles. The Morgan fingerprint density at radius 2 is 2.18 bits per heavy atom. The van der Waals surface area contributed by atoms with Gasteiger partial charge in [-0.15, -0.1) is 0 Å². The van der Waals surface area contributed by atoms with Gasteiger partial charge in [0.25, 0.3) is 0 Å². The van der Waals surface area contributed by atoms with Crippen LogP contribution in [0.1, 0.15) is 6.23 Å². The van der Waals surface area contributed by atoms with Gasteiger partial charge in [-0.3, -0.25) is 4.57 Å². The van der Waals surface area contributed by atoms with Crippen LogP contribution in [0.15, 0.2) is 11.1 Å². The van der Waals surface area contributed by atoms with Crippen LogP contribution < -0.4 is 11.4 Å². The van der Waals surface area contributed by atoms with Crippen LogP contribution in [0.3, 0.4) is 0 Å². The fourth-order valence-corrected chi connectivity index (χ4v) is 1.64. The third-order valence-electron chi connectivity index (χ3n) is 2.54. The number of anilines is 1. The van der Waals surface area contributed by atoms with Crippen molar-refractivity contribution in [3.05, 3.63) is 16.8 Å². The first-order chi connectivity index (χ1) is 8.04. The third kappa shape index (κ3) is 2.00. The van der Waals surface area contributed by atoms with Crippen LogP contribution >= 0.6 is 0 Å². The summed E-state index contributed by atoms with van der Waals surface area (Å²) in [6.45, 7) is -0.473. The largest absolute Gasteiger partial charge is 0.394 e. The van der Waals surface area contributed by atoms with Crippen molar-refractivity contribution in [2.75, 3.05) is 12.3 Å². The molecule has 0 unspecified atom stereocenters. The molecule has 0 saturated carbocycles. The van der Waals surface area contributed by atoms with Gasteiger partial charge in [-0.05, 0) is 0 Å². The van der Waals surface area contributed by atoms with Crippen LogP contribution in [0.4, 0.5) is 5.95 Å². The zero-order chi connectivity index (χ0) is 12.6. The number of nitrogens with two attached hydrogens (primary N) is 1. The smallest absolute Gasteiger partial charge is 0.354 e. The highest BCUT2D eigenvalue weighted by Gasteiger charge is 2.43. The van der Waals surface area contributed by atoms with E-state index >= 15 is 0 Å². The van der Waals surface area contributed by atoms with Gasteiger partial charge in [0.2, 0.25) is 5.95 Å². The molecule has 94 valence electrons. The number of aliphatic hydroxyl groups is 3. The maximum absolute atomic E-state index is 11.5. The third-order valence-corrected chi connectivity index (χ3v) is 2.54. The predicted molar refractivity (Wildman–Crippen MR) is 53.7 cm³/mol.